The second-order valence-electron chi connectivity index (χ2n) is 4.92. The van der Waals surface area contributed by atoms with E-state index >= 15 is 0 Å². The van der Waals surface area contributed by atoms with Gasteiger partial charge in [0.15, 0.2) is 5.13 Å². The number of aromatic nitrogens is 1. The number of nitrogens with two attached hydrogens (primary N) is 1. The zero-order valence-electron chi connectivity index (χ0n) is 10.2. The van der Waals surface area contributed by atoms with Crippen LogP contribution in [0.1, 0.15) is 36.4 Å². The van der Waals surface area contributed by atoms with Gasteiger partial charge in [0.25, 0.3) is 0 Å². The van der Waals surface area contributed by atoms with Gasteiger partial charge >= 0.3 is 0 Å². The topological polar surface area (TPSA) is 42.2 Å². The predicted octanol–water partition coefficient (Wildman–Crippen LogP) is 2.42. The van der Waals surface area contributed by atoms with E-state index in [0.717, 1.165) is 13.0 Å². The highest BCUT2D eigenvalue weighted by Gasteiger charge is 2.26. The third kappa shape index (κ3) is 2.20. The quantitative estimate of drug-likeness (QED) is 0.850. The van der Waals surface area contributed by atoms with Gasteiger partial charge in [0.1, 0.15) is 0 Å². The monoisotopic (exact) mass is 269 g/mol. The van der Waals surface area contributed by atoms with E-state index in [1.54, 1.807) is 0 Å². The Kier molecular flexibility index (Phi) is 3.32. The molecular weight excluding hydrogens is 250 g/mol. The summed E-state index contributed by atoms with van der Waals surface area (Å²) in [6.07, 6.45) is 3.50. The van der Waals surface area contributed by atoms with Crippen molar-refractivity contribution in [3.8, 4) is 0 Å². The Morgan fingerprint density at radius 2 is 2.35 bits per heavy atom. The van der Waals surface area contributed by atoms with E-state index in [-0.39, 0.29) is 6.04 Å². The van der Waals surface area contributed by atoms with Gasteiger partial charge in [-0.1, -0.05) is 0 Å². The molecule has 0 amide bonds. The molecule has 1 aliphatic heterocycles. The van der Waals surface area contributed by atoms with Crippen LogP contribution in [-0.2, 0) is 6.42 Å². The molecule has 1 aromatic heterocycles. The molecule has 2 atom stereocenters. The summed E-state index contributed by atoms with van der Waals surface area (Å²) >= 11 is 3.92. The Bertz CT molecular complexity index is 404. The van der Waals surface area contributed by atoms with Crippen LogP contribution in [0, 0.1) is 0 Å². The fourth-order valence-corrected chi connectivity index (χ4v) is 4.89. The highest BCUT2D eigenvalue weighted by Crippen LogP contribution is 2.37. The summed E-state index contributed by atoms with van der Waals surface area (Å²) in [5, 5.41) is 1.21. The van der Waals surface area contributed by atoms with E-state index in [2.05, 4.69) is 11.8 Å². The first kappa shape index (κ1) is 11.8. The van der Waals surface area contributed by atoms with Crippen molar-refractivity contribution in [2.45, 2.75) is 38.3 Å². The summed E-state index contributed by atoms with van der Waals surface area (Å²) < 4.78 is 0. The zero-order valence-corrected chi connectivity index (χ0v) is 11.8. The maximum atomic E-state index is 6.15. The van der Waals surface area contributed by atoms with Crippen LogP contribution in [0.3, 0.4) is 0 Å². The summed E-state index contributed by atoms with van der Waals surface area (Å²) in [5.41, 5.74) is 7.33. The molecule has 3 rings (SSSR count). The minimum absolute atomic E-state index is 0.179. The highest BCUT2D eigenvalue weighted by molar-refractivity contribution is 7.99. The number of fused-ring (bicyclic) bond motifs is 1. The van der Waals surface area contributed by atoms with Gasteiger partial charge in [-0.3, -0.25) is 0 Å². The van der Waals surface area contributed by atoms with Crippen molar-refractivity contribution < 1.29 is 0 Å². The first-order chi connectivity index (χ1) is 8.25. The average molecular weight is 269 g/mol. The maximum absolute atomic E-state index is 6.15. The molecule has 2 heterocycles. The lowest BCUT2D eigenvalue weighted by molar-refractivity contribution is 0.562. The minimum atomic E-state index is 0.179. The largest absolute Gasteiger partial charge is 0.344 e. The van der Waals surface area contributed by atoms with Crippen LogP contribution in [0.15, 0.2) is 0 Å². The van der Waals surface area contributed by atoms with Crippen molar-refractivity contribution >= 4 is 28.2 Å². The predicted molar refractivity (Wildman–Crippen MR) is 76.1 cm³/mol. The Balaban J connectivity index is 1.88. The molecule has 0 bridgehead atoms. The zero-order chi connectivity index (χ0) is 11.8. The average Bonchev–Trinajstić information content (AvgIpc) is 2.75. The molecule has 0 saturated carbocycles. The van der Waals surface area contributed by atoms with E-state index in [0.29, 0.717) is 6.04 Å². The van der Waals surface area contributed by atoms with Crippen LogP contribution in [0.5, 0.6) is 0 Å². The smallest absolute Gasteiger partial charge is 0.186 e. The van der Waals surface area contributed by atoms with Gasteiger partial charge in [-0.05, 0) is 26.2 Å². The van der Waals surface area contributed by atoms with Gasteiger partial charge in [-0.15, -0.1) is 11.3 Å². The first-order valence-corrected chi connectivity index (χ1v) is 8.32. The molecule has 1 fully saturated rings. The molecule has 5 heteroatoms. The molecule has 1 saturated heterocycles. The molecule has 2 unspecified atom stereocenters. The van der Waals surface area contributed by atoms with Crippen LogP contribution in [0.25, 0.3) is 0 Å². The van der Waals surface area contributed by atoms with Gasteiger partial charge < -0.3 is 10.6 Å². The molecule has 2 aliphatic rings. The molecule has 0 radical (unpaired) electrons. The number of hydrogen-bond donors (Lipinski definition) is 1. The lowest BCUT2D eigenvalue weighted by atomic mass is 9.99. The van der Waals surface area contributed by atoms with Crippen molar-refractivity contribution in [3.63, 3.8) is 0 Å². The molecule has 0 spiro atoms. The number of rotatable bonds is 1. The number of nitrogens with zero attached hydrogens (tertiary/aromatic N) is 2. The standard InChI is InChI=1S/C12H19N3S2/c1-8-7-16-6-5-15(8)12-14-11-9(13)3-2-4-10(11)17-12/h8-9H,2-7,13H2,1H3. The van der Waals surface area contributed by atoms with E-state index in [9.17, 15) is 0 Å². The summed E-state index contributed by atoms with van der Waals surface area (Å²) in [5.74, 6) is 2.44. The third-order valence-corrected chi connectivity index (χ3v) is 5.96. The highest BCUT2D eigenvalue weighted by atomic mass is 32.2. The van der Waals surface area contributed by atoms with Crippen LogP contribution in [0.2, 0.25) is 0 Å². The minimum Gasteiger partial charge on any atom is -0.344 e. The van der Waals surface area contributed by atoms with Crippen LogP contribution in [-0.4, -0.2) is 29.1 Å². The van der Waals surface area contributed by atoms with Crippen LogP contribution < -0.4 is 10.6 Å². The van der Waals surface area contributed by atoms with Gasteiger partial charge in [0, 0.05) is 35.0 Å². The molecule has 1 aliphatic carbocycles. The summed E-state index contributed by atoms with van der Waals surface area (Å²) in [6, 6.07) is 0.788. The van der Waals surface area contributed by atoms with Gasteiger partial charge in [0.2, 0.25) is 0 Å². The lowest BCUT2D eigenvalue weighted by Gasteiger charge is -2.32. The van der Waals surface area contributed by atoms with E-state index in [1.807, 2.05) is 23.1 Å². The van der Waals surface area contributed by atoms with Crippen molar-refractivity contribution in [2.75, 3.05) is 23.0 Å². The number of thiazole rings is 1. The summed E-state index contributed by atoms with van der Waals surface area (Å²) in [4.78, 5) is 8.71. The normalized spacial score (nSPS) is 29.2. The number of hydrogen-bond acceptors (Lipinski definition) is 5. The number of aryl methyl sites for hydroxylation is 1. The fourth-order valence-electron chi connectivity index (χ4n) is 2.57. The lowest BCUT2D eigenvalue weighted by Crippen LogP contribution is -2.40. The number of anilines is 1. The summed E-state index contributed by atoms with van der Waals surface area (Å²) in [6.45, 7) is 3.43. The Labute approximate surface area is 111 Å². The molecule has 94 valence electrons. The van der Waals surface area contributed by atoms with Gasteiger partial charge in [-0.2, -0.15) is 11.8 Å². The second kappa shape index (κ2) is 4.78. The van der Waals surface area contributed by atoms with E-state index in [1.165, 1.54) is 40.0 Å². The SMILES string of the molecule is CC1CSCCN1c1nc2c(s1)CCCC2N. The van der Waals surface area contributed by atoms with Crippen molar-refractivity contribution in [2.24, 2.45) is 5.73 Å². The van der Waals surface area contributed by atoms with Crippen LogP contribution in [0.4, 0.5) is 5.13 Å². The molecule has 17 heavy (non-hydrogen) atoms. The van der Waals surface area contributed by atoms with Gasteiger partial charge in [0.05, 0.1) is 5.69 Å². The van der Waals surface area contributed by atoms with Crippen molar-refractivity contribution in [3.05, 3.63) is 10.6 Å². The molecule has 1 aromatic rings. The van der Waals surface area contributed by atoms with Crippen molar-refractivity contribution in [1.29, 1.82) is 0 Å². The molecule has 0 aromatic carbocycles. The van der Waals surface area contributed by atoms with Crippen molar-refractivity contribution in [1.82, 2.24) is 4.98 Å². The fraction of sp³-hybridized carbons (Fsp3) is 0.750. The first-order valence-electron chi connectivity index (χ1n) is 6.35. The third-order valence-electron chi connectivity index (χ3n) is 3.60. The Morgan fingerprint density at radius 1 is 1.47 bits per heavy atom. The Morgan fingerprint density at radius 3 is 3.12 bits per heavy atom. The molecule has 3 nitrogen and oxygen atoms in total. The van der Waals surface area contributed by atoms with Crippen LogP contribution >= 0.6 is 23.1 Å². The van der Waals surface area contributed by atoms with Gasteiger partial charge in [-0.25, -0.2) is 4.98 Å². The summed E-state index contributed by atoms with van der Waals surface area (Å²) in [7, 11) is 0. The second-order valence-corrected chi connectivity index (χ2v) is 7.13. The Hall–Kier alpha value is -0.260. The van der Waals surface area contributed by atoms with E-state index < -0.39 is 0 Å². The molecular formula is C12H19N3S2. The van der Waals surface area contributed by atoms with E-state index in [4.69, 9.17) is 10.7 Å². The molecule has 2 N–H and O–H groups in total. The maximum Gasteiger partial charge on any atom is 0.186 e. The number of thioether (sulfide) groups is 1.